The van der Waals surface area contributed by atoms with Gasteiger partial charge < -0.3 is 15.4 Å². The number of piperidine rings is 1. The van der Waals surface area contributed by atoms with Crippen molar-refractivity contribution in [2.24, 2.45) is 5.73 Å². The SMILES string of the molecule is NC1CCN(CCCOCC(F)(F)F)CC1. The summed E-state index contributed by atoms with van der Waals surface area (Å²) in [6.45, 7) is 1.71. The molecule has 0 aromatic rings. The minimum atomic E-state index is -4.21. The smallest absolute Gasteiger partial charge is 0.372 e. The molecule has 0 unspecified atom stereocenters. The molecule has 6 heteroatoms. The summed E-state index contributed by atoms with van der Waals surface area (Å²) in [7, 11) is 0. The molecule has 1 aliphatic heterocycles. The second-order valence-corrected chi connectivity index (χ2v) is 4.20. The summed E-state index contributed by atoms with van der Waals surface area (Å²) in [6.07, 6.45) is -1.62. The van der Waals surface area contributed by atoms with Crippen LogP contribution in [0.2, 0.25) is 0 Å². The maximum Gasteiger partial charge on any atom is 0.411 e. The maximum absolute atomic E-state index is 11.7. The Bertz CT molecular complexity index is 191. The second kappa shape index (κ2) is 6.42. The van der Waals surface area contributed by atoms with Gasteiger partial charge in [-0.15, -0.1) is 0 Å². The van der Waals surface area contributed by atoms with E-state index in [0.717, 1.165) is 32.5 Å². The molecule has 0 saturated carbocycles. The van der Waals surface area contributed by atoms with E-state index in [1.807, 2.05) is 0 Å². The topological polar surface area (TPSA) is 38.5 Å². The van der Waals surface area contributed by atoms with Gasteiger partial charge in [-0.1, -0.05) is 0 Å². The Morgan fingerprint density at radius 2 is 1.88 bits per heavy atom. The summed E-state index contributed by atoms with van der Waals surface area (Å²) >= 11 is 0. The number of nitrogens with two attached hydrogens (primary N) is 1. The molecule has 1 saturated heterocycles. The Labute approximate surface area is 93.7 Å². The molecule has 0 spiro atoms. The first-order valence-electron chi connectivity index (χ1n) is 5.60. The number of alkyl halides is 3. The van der Waals surface area contributed by atoms with Gasteiger partial charge in [-0.25, -0.2) is 0 Å². The lowest BCUT2D eigenvalue weighted by Gasteiger charge is -2.29. The molecule has 1 fully saturated rings. The summed E-state index contributed by atoms with van der Waals surface area (Å²) in [5.74, 6) is 0. The van der Waals surface area contributed by atoms with E-state index < -0.39 is 12.8 Å². The molecule has 16 heavy (non-hydrogen) atoms. The van der Waals surface area contributed by atoms with Crippen LogP contribution in [0, 0.1) is 0 Å². The van der Waals surface area contributed by atoms with Gasteiger partial charge in [0.1, 0.15) is 6.61 Å². The summed E-state index contributed by atoms with van der Waals surface area (Å²) in [5, 5.41) is 0. The highest BCUT2D eigenvalue weighted by Gasteiger charge is 2.27. The number of nitrogens with zero attached hydrogens (tertiary/aromatic N) is 1. The van der Waals surface area contributed by atoms with Crippen LogP contribution in [-0.2, 0) is 4.74 Å². The third kappa shape index (κ3) is 6.30. The number of rotatable bonds is 5. The van der Waals surface area contributed by atoms with Crippen LogP contribution in [0.3, 0.4) is 0 Å². The summed E-state index contributed by atoms with van der Waals surface area (Å²) < 4.78 is 39.7. The van der Waals surface area contributed by atoms with Crippen molar-refractivity contribution in [2.75, 3.05) is 32.8 Å². The number of ether oxygens (including phenoxy) is 1. The standard InChI is InChI=1S/C10H19F3N2O/c11-10(12,13)8-16-7-1-4-15-5-2-9(14)3-6-15/h9H,1-8,14H2. The van der Waals surface area contributed by atoms with Crippen molar-refractivity contribution < 1.29 is 17.9 Å². The predicted octanol–water partition coefficient (Wildman–Crippen LogP) is 1.38. The quantitative estimate of drug-likeness (QED) is 0.738. The Morgan fingerprint density at radius 3 is 2.44 bits per heavy atom. The van der Waals surface area contributed by atoms with E-state index in [1.54, 1.807) is 0 Å². The van der Waals surface area contributed by atoms with E-state index in [4.69, 9.17) is 5.73 Å². The van der Waals surface area contributed by atoms with Crippen LogP contribution in [0.1, 0.15) is 19.3 Å². The van der Waals surface area contributed by atoms with E-state index in [0.29, 0.717) is 6.42 Å². The third-order valence-corrected chi connectivity index (χ3v) is 2.66. The van der Waals surface area contributed by atoms with Gasteiger partial charge in [0, 0.05) is 19.2 Å². The van der Waals surface area contributed by atoms with E-state index >= 15 is 0 Å². The first-order chi connectivity index (χ1) is 7.47. The molecule has 3 nitrogen and oxygen atoms in total. The van der Waals surface area contributed by atoms with Gasteiger partial charge in [-0.3, -0.25) is 0 Å². The van der Waals surface area contributed by atoms with Gasteiger partial charge in [0.05, 0.1) is 0 Å². The van der Waals surface area contributed by atoms with Gasteiger partial charge in [-0.05, 0) is 32.4 Å². The van der Waals surface area contributed by atoms with Crippen molar-refractivity contribution in [2.45, 2.75) is 31.5 Å². The van der Waals surface area contributed by atoms with Crippen molar-refractivity contribution in [3.63, 3.8) is 0 Å². The minimum absolute atomic E-state index is 0.169. The van der Waals surface area contributed by atoms with Crippen LogP contribution in [-0.4, -0.2) is 50.0 Å². The van der Waals surface area contributed by atoms with Crippen LogP contribution in [0.15, 0.2) is 0 Å². The van der Waals surface area contributed by atoms with Gasteiger partial charge in [0.15, 0.2) is 0 Å². The highest BCUT2D eigenvalue weighted by molar-refractivity contribution is 4.73. The fourth-order valence-electron chi connectivity index (χ4n) is 1.75. The monoisotopic (exact) mass is 240 g/mol. The second-order valence-electron chi connectivity index (χ2n) is 4.20. The molecule has 0 atom stereocenters. The van der Waals surface area contributed by atoms with Crippen molar-refractivity contribution >= 4 is 0 Å². The van der Waals surface area contributed by atoms with Gasteiger partial charge in [0.25, 0.3) is 0 Å². The zero-order valence-corrected chi connectivity index (χ0v) is 9.30. The molecule has 0 aromatic heterocycles. The first-order valence-corrected chi connectivity index (χ1v) is 5.60. The summed E-state index contributed by atoms with van der Waals surface area (Å²) in [5.41, 5.74) is 5.74. The highest BCUT2D eigenvalue weighted by Crippen LogP contribution is 2.14. The van der Waals surface area contributed by atoms with Crippen LogP contribution in [0.25, 0.3) is 0 Å². The molecular weight excluding hydrogens is 221 g/mol. The number of likely N-dealkylation sites (tertiary alicyclic amines) is 1. The van der Waals surface area contributed by atoms with Gasteiger partial charge >= 0.3 is 6.18 Å². The largest absolute Gasteiger partial charge is 0.411 e. The van der Waals surface area contributed by atoms with Gasteiger partial charge in [-0.2, -0.15) is 13.2 Å². The normalized spacial score (nSPS) is 20.2. The predicted molar refractivity (Wildman–Crippen MR) is 55.1 cm³/mol. The Hall–Kier alpha value is -0.330. The van der Waals surface area contributed by atoms with Gasteiger partial charge in [0.2, 0.25) is 0 Å². The van der Waals surface area contributed by atoms with E-state index in [2.05, 4.69) is 9.64 Å². The Morgan fingerprint density at radius 1 is 1.25 bits per heavy atom. The molecule has 0 bridgehead atoms. The summed E-state index contributed by atoms with van der Waals surface area (Å²) in [4.78, 5) is 2.22. The van der Waals surface area contributed by atoms with Crippen molar-refractivity contribution in [1.29, 1.82) is 0 Å². The molecule has 1 aliphatic rings. The number of hydrogen-bond donors (Lipinski definition) is 1. The fourth-order valence-corrected chi connectivity index (χ4v) is 1.75. The van der Waals surface area contributed by atoms with Crippen molar-refractivity contribution in [3.8, 4) is 0 Å². The van der Waals surface area contributed by atoms with Crippen LogP contribution < -0.4 is 5.73 Å². The molecular formula is C10H19F3N2O. The molecule has 0 radical (unpaired) electrons. The third-order valence-electron chi connectivity index (χ3n) is 2.66. The highest BCUT2D eigenvalue weighted by atomic mass is 19.4. The molecule has 1 rings (SSSR count). The van der Waals surface area contributed by atoms with Crippen molar-refractivity contribution in [1.82, 2.24) is 4.90 Å². The molecule has 0 aromatic carbocycles. The van der Waals surface area contributed by atoms with E-state index in [9.17, 15) is 13.2 Å². The first kappa shape index (κ1) is 13.7. The van der Waals surface area contributed by atoms with Crippen molar-refractivity contribution in [3.05, 3.63) is 0 Å². The lowest BCUT2D eigenvalue weighted by molar-refractivity contribution is -0.174. The average molecular weight is 240 g/mol. The van der Waals surface area contributed by atoms with E-state index in [-0.39, 0.29) is 12.6 Å². The lowest BCUT2D eigenvalue weighted by Crippen LogP contribution is -2.40. The average Bonchev–Trinajstić information content (AvgIpc) is 2.19. The van der Waals surface area contributed by atoms with Crippen LogP contribution >= 0.6 is 0 Å². The number of halogens is 3. The summed E-state index contributed by atoms with van der Waals surface area (Å²) in [6, 6.07) is 0.290. The Kier molecular flexibility index (Phi) is 5.51. The van der Waals surface area contributed by atoms with Crippen LogP contribution in [0.4, 0.5) is 13.2 Å². The van der Waals surface area contributed by atoms with Crippen LogP contribution in [0.5, 0.6) is 0 Å². The Balaban J connectivity index is 1.95. The molecule has 1 heterocycles. The molecule has 0 aliphatic carbocycles. The zero-order chi connectivity index (χ0) is 12.0. The van der Waals surface area contributed by atoms with E-state index in [1.165, 1.54) is 0 Å². The molecule has 96 valence electrons. The minimum Gasteiger partial charge on any atom is -0.372 e. The fraction of sp³-hybridized carbons (Fsp3) is 1.00. The zero-order valence-electron chi connectivity index (χ0n) is 9.30. The molecule has 2 N–H and O–H groups in total. The number of hydrogen-bond acceptors (Lipinski definition) is 3. The molecule has 0 amide bonds. The lowest BCUT2D eigenvalue weighted by atomic mass is 10.1. The maximum atomic E-state index is 11.7.